The summed E-state index contributed by atoms with van der Waals surface area (Å²) in [7, 11) is 0. The summed E-state index contributed by atoms with van der Waals surface area (Å²) in [5.74, 6) is 1.06. The van der Waals surface area contributed by atoms with E-state index in [1.54, 1.807) is 0 Å². The maximum atomic E-state index is 12.2. The number of benzene rings is 1. The van der Waals surface area contributed by atoms with Gasteiger partial charge in [0.1, 0.15) is 5.75 Å². The molecule has 1 saturated heterocycles. The number of carbonyl (C=O) groups is 1. The number of nitrogens with zero attached hydrogens (tertiary/aromatic N) is 1. The van der Waals surface area contributed by atoms with Crippen molar-refractivity contribution in [1.82, 2.24) is 4.90 Å². The number of hydrogen-bond donors (Lipinski definition) is 1. The maximum absolute atomic E-state index is 12.2. The van der Waals surface area contributed by atoms with Crippen molar-refractivity contribution in [2.75, 3.05) is 19.7 Å². The van der Waals surface area contributed by atoms with Gasteiger partial charge in [-0.05, 0) is 31.9 Å². The Hall–Kier alpha value is -1.55. The van der Waals surface area contributed by atoms with Crippen LogP contribution in [0.2, 0.25) is 0 Å². The van der Waals surface area contributed by atoms with Gasteiger partial charge in [0, 0.05) is 19.0 Å². The van der Waals surface area contributed by atoms with Crippen molar-refractivity contribution < 1.29 is 14.6 Å². The van der Waals surface area contributed by atoms with Gasteiger partial charge in [-0.1, -0.05) is 25.1 Å². The predicted molar refractivity (Wildman–Crippen MR) is 82.2 cm³/mol. The van der Waals surface area contributed by atoms with Gasteiger partial charge in [-0.15, -0.1) is 0 Å². The minimum absolute atomic E-state index is 0.111. The molecular formula is C17H25NO3. The quantitative estimate of drug-likeness (QED) is 0.906. The van der Waals surface area contributed by atoms with Gasteiger partial charge in [0.05, 0.1) is 18.6 Å². The van der Waals surface area contributed by atoms with E-state index in [-0.39, 0.29) is 11.8 Å². The zero-order valence-electron chi connectivity index (χ0n) is 12.9. The smallest absolute Gasteiger partial charge is 0.226 e. The summed E-state index contributed by atoms with van der Waals surface area (Å²) in [4.78, 5) is 14.1. The summed E-state index contributed by atoms with van der Waals surface area (Å²) >= 11 is 0. The van der Waals surface area contributed by atoms with Crippen molar-refractivity contribution in [3.8, 4) is 5.75 Å². The van der Waals surface area contributed by atoms with Crippen LogP contribution in [0.25, 0.3) is 0 Å². The Morgan fingerprint density at radius 3 is 2.81 bits per heavy atom. The molecule has 0 aliphatic carbocycles. The second kappa shape index (κ2) is 6.94. The molecule has 1 amide bonds. The molecule has 0 saturated carbocycles. The van der Waals surface area contributed by atoms with Gasteiger partial charge in [0.25, 0.3) is 0 Å². The summed E-state index contributed by atoms with van der Waals surface area (Å²) in [6, 6.07) is 9.53. The molecule has 1 heterocycles. The Kier molecular flexibility index (Phi) is 5.23. The summed E-state index contributed by atoms with van der Waals surface area (Å²) in [6.07, 6.45) is 1.92. The van der Waals surface area contributed by atoms with E-state index >= 15 is 0 Å². The third-order valence-electron chi connectivity index (χ3n) is 4.38. The second-order valence-corrected chi connectivity index (χ2v) is 5.96. The van der Waals surface area contributed by atoms with E-state index in [9.17, 15) is 9.90 Å². The Morgan fingerprint density at radius 1 is 1.43 bits per heavy atom. The van der Waals surface area contributed by atoms with E-state index in [1.807, 2.05) is 42.2 Å². The van der Waals surface area contributed by atoms with Crippen molar-refractivity contribution in [3.05, 3.63) is 30.3 Å². The van der Waals surface area contributed by atoms with Crippen LogP contribution in [0.4, 0.5) is 0 Å². The normalized spacial score (nSPS) is 25.7. The Balaban J connectivity index is 1.79. The average molecular weight is 291 g/mol. The van der Waals surface area contributed by atoms with Crippen LogP contribution in [-0.4, -0.2) is 41.2 Å². The summed E-state index contributed by atoms with van der Waals surface area (Å²) in [6.45, 7) is 5.61. The molecule has 4 nitrogen and oxygen atoms in total. The van der Waals surface area contributed by atoms with Crippen LogP contribution in [0.5, 0.6) is 5.75 Å². The van der Waals surface area contributed by atoms with E-state index in [0.29, 0.717) is 32.5 Å². The molecule has 116 valence electrons. The molecular weight excluding hydrogens is 266 g/mol. The van der Waals surface area contributed by atoms with Gasteiger partial charge in [-0.3, -0.25) is 4.79 Å². The van der Waals surface area contributed by atoms with Crippen molar-refractivity contribution >= 4 is 5.91 Å². The molecule has 1 aromatic rings. The monoisotopic (exact) mass is 291 g/mol. The minimum atomic E-state index is -0.647. The van der Waals surface area contributed by atoms with Crippen molar-refractivity contribution in [3.63, 3.8) is 0 Å². The number of hydrogen-bond acceptors (Lipinski definition) is 3. The van der Waals surface area contributed by atoms with E-state index in [0.717, 1.165) is 12.2 Å². The number of ether oxygens (including phenoxy) is 1. The van der Waals surface area contributed by atoms with Crippen LogP contribution in [0.1, 0.15) is 33.1 Å². The molecule has 2 atom stereocenters. The van der Waals surface area contributed by atoms with E-state index in [2.05, 4.69) is 6.92 Å². The highest BCUT2D eigenvalue weighted by atomic mass is 16.5. The summed E-state index contributed by atoms with van der Waals surface area (Å²) in [5, 5.41) is 10.3. The molecule has 0 spiro atoms. The van der Waals surface area contributed by atoms with E-state index in [1.165, 1.54) is 0 Å². The lowest BCUT2D eigenvalue weighted by Crippen LogP contribution is -2.51. The second-order valence-electron chi connectivity index (χ2n) is 5.96. The lowest BCUT2D eigenvalue weighted by atomic mass is 9.81. The van der Waals surface area contributed by atoms with Gasteiger partial charge in [-0.25, -0.2) is 0 Å². The number of para-hydroxylation sites is 1. The number of rotatable bonds is 5. The van der Waals surface area contributed by atoms with Gasteiger partial charge < -0.3 is 14.7 Å². The molecule has 0 bridgehead atoms. The third kappa shape index (κ3) is 4.21. The fraction of sp³-hybridized carbons (Fsp3) is 0.588. The Bertz CT molecular complexity index is 458. The van der Waals surface area contributed by atoms with E-state index in [4.69, 9.17) is 4.74 Å². The zero-order chi connectivity index (χ0) is 15.3. The molecule has 1 aromatic carbocycles. The standard InChI is InChI=1S/C17H25NO3/c1-3-14-13-18(11-10-17(14,2)20)16(19)9-12-21-15-7-5-4-6-8-15/h4-8,14,20H,3,9-13H2,1-2H3/t14-,17+/m0/s1. The lowest BCUT2D eigenvalue weighted by molar-refractivity contribution is -0.139. The first-order valence-electron chi connectivity index (χ1n) is 7.71. The molecule has 2 rings (SSSR count). The first kappa shape index (κ1) is 15.8. The van der Waals surface area contributed by atoms with E-state index < -0.39 is 5.60 Å². The number of amides is 1. The SMILES string of the molecule is CC[C@H]1CN(C(=O)CCOc2ccccc2)CC[C@@]1(C)O. The summed E-state index contributed by atoms with van der Waals surface area (Å²) < 4.78 is 5.56. The van der Waals surface area contributed by atoms with Gasteiger partial charge in [-0.2, -0.15) is 0 Å². The highest BCUT2D eigenvalue weighted by Crippen LogP contribution is 2.30. The lowest BCUT2D eigenvalue weighted by Gasteiger charge is -2.42. The van der Waals surface area contributed by atoms with Crippen LogP contribution in [-0.2, 0) is 4.79 Å². The summed E-state index contributed by atoms with van der Waals surface area (Å²) in [5.41, 5.74) is -0.647. The van der Waals surface area contributed by atoms with Crippen LogP contribution >= 0.6 is 0 Å². The molecule has 0 radical (unpaired) electrons. The first-order valence-corrected chi connectivity index (χ1v) is 7.71. The molecule has 0 aromatic heterocycles. The number of aliphatic hydroxyl groups is 1. The van der Waals surface area contributed by atoms with Crippen molar-refractivity contribution in [2.45, 2.75) is 38.7 Å². The van der Waals surface area contributed by atoms with Crippen LogP contribution in [0, 0.1) is 5.92 Å². The molecule has 1 N–H and O–H groups in total. The van der Waals surface area contributed by atoms with Crippen LogP contribution < -0.4 is 4.74 Å². The van der Waals surface area contributed by atoms with Crippen molar-refractivity contribution in [2.24, 2.45) is 5.92 Å². The number of carbonyl (C=O) groups excluding carboxylic acids is 1. The highest BCUT2D eigenvalue weighted by Gasteiger charge is 2.37. The third-order valence-corrected chi connectivity index (χ3v) is 4.38. The highest BCUT2D eigenvalue weighted by molar-refractivity contribution is 5.76. The fourth-order valence-corrected chi connectivity index (χ4v) is 2.85. The Labute approximate surface area is 126 Å². The number of likely N-dealkylation sites (tertiary alicyclic amines) is 1. The zero-order valence-corrected chi connectivity index (χ0v) is 12.9. The predicted octanol–water partition coefficient (Wildman–Crippen LogP) is 2.47. The molecule has 4 heteroatoms. The largest absolute Gasteiger partial charge is 0.493 e. The van der Waals surface area contributed by atoms with Crippen molar-refractivity contribution in [1.29, 1.82) is 0 Å². The molecule has 0 unspecified atom stereocenters. The molecule has 1 aliphatic rings. The Morgan fingerprint density at radius 2 is 2.14 bits per heavy atom. The van der Waals surface area contributed by atoms with Crippen LogP contribution in [0.15, 0.2) is 30.3 Å². The number of piperidine rings is 1. The molecule has 21 heavy (non-hydrogen) atoms. The van der Waals surface area contributed by atoms with Gasteiger partial charge in [0.15, 0.2) is 0 Å². The fourth-order valence-electron chi connectivity index (χ4n) is 2.85. The molecule has 1 aliphatic heterocycles. The minimum Gasteiger partial charge on any atom is -0.493 e. The topological polar surface area (TPSA) is 49.8 Å². The maximum Gasteiger partial charge on any atom is 0.226 e. The van der Waals surface area contributed by atoms with Gasteiger partial charge >= 0.3 is 0 Å². The van der Waals surface area contributed by atoms with Gasteiger partial charge in [0.2, 0.25) is 5.91 Å². The average Bonchev–Trinajstić information content (AvgIpc) is 2.48. The first-order chi connectivity index (χ1) is 10.0. The molecule has 1 fully saturated rings. The van der Waals surface area contributed by atoms with Crippen LogP contribution in [0.3, 0.4) is 0 Å².